The normalized spacial score (nSPS) is 43.2. The van der Waals surface area contributed by atoms with Gasteiger partial charge in [-0.3, -0.25) is 9.59 Å². The van der Waals surface area contributed by atoms with Crippen molar-refractivity contribution in [1.29, 1.82) is 0 Å². The second-order valence-corrected chi connectivity index (χ2v) is 19.0. The van der Waals surface area contributed by atoms with Gasteiger partial charge in [0, 0.05) is 61.6 Å². The molecule has 14 heteroatoms. The number of hydrogen-bond donors (Lipinski definition) is 1. The van der Waals surface area contributed by atoms with Crippen LogP contribution in [0.2, 0.25) is 0 Å². The molecular weight excluding hydrogens is 757 g/mol. The van der Waals surface area contributed by atoms with Crippen LogP contribution in [0.3, 0.4) is 0 Å². The predicted molar refractivity (Wildman–Crippen MR) is 213 cm³/mol. The van der Waals surface area contributed by atoms with Crippen molar-refractivity contribution in [2.75, 3.05) is 35.4 Å². The lowest BCUT2D eigenvalue weighted by Gasteiger charge is -2.44. The van der Waals surface area contributed by atoms with Crippen LogP contribution >= 0.6 is 23.6 Å². The van der Waals surface area contributed by atoms with Crippen LogP contribution in [0.5, 0.6) is 0 Å². The fourth-order valence-electron chi connectivity index (χ4n) is 11.1. The second kappa shape index (κ2) is 17.9. The van der Waals surface area contributed by atoms with E-state index in [0.29, 0.717) is 16.4 Å². The number of carbonyl (C=O) groups is 2. The Morgan fingerprint density at radius 2 is 1.66 bits per heavy atom. The van der Waals surface area contributed by atoms with E-state index in [1.807, 2.05) is 13.8 Å². The van der Waals surface area contributed by atoms with Gasteiger partial charge in [0.15, 0.2) is 22.3 Å². The summed E-state index contributed by atoms with van der Waals surface area (Å²) in [5.41, 5.74) is 1.78. The maximum atomic E-state index is 15.0. The molecule has 1 aromatic rings. The summed E-state index contributed by atoms with van der Waals surface area (Å²) >= 11 is 7.42. The third-order valence-electron chi connectivity index (χ3n) is 13.9. The average molecular weight is 821 g/mol. The largest absolute Gasteiger partial charge is 0.462 e. The molecule has 56 heavy (non-hydrogen) atoms. The van der Waals surface area contributed by atoms with E-state index in [2.05, 4.69) is 43.9 Å². The lowest BCUT2D eigenvalue weighted by Crippen LogP contribution is -2.59. The van der Waals surface area contributed by atoms with Crippen molar-refractivity contribution in [1.82, 2.24) is 9.88 Å². The number of fused-ring (bicyclic) bond motifs is 8. The van der Waals surface area contributed by atoms with Gasteiger partial charge in [0.2, 0.25) is 0 Å². The van der Waals surface area contributed by atoms with Gasteiger partial charge in [-0.25, -0.2) is 0 Å². The molecule has 1 saturated carbocycles. The van der Waals surface area contributed by atoms with Crippen LogP contribution in [0, 0.1) is 27.6 Å². The van der Waals surface area contributed by atoms with Crippen LogP contribution in [0.1, 0.15) is 108 Å². The standard InChI is InChI=1S/C42H64N2O10S2/c1-10-23-12-11-13-31(54-33-15-14-30(44(5)6)21(3)50-33)20(2)36(46)28-18-26-25-16-24(53-41-39(49-9)38(48-8)37(47-7)22(4)51-41)17-29(25)40-35(43-42(55)56-40)34(26)27(28)19-32(45)52-23/h18,20-27,29-31,33-34,37-39,41H,10-17,19H2,1-9H3,(H,43,55)/t20-,21?,22?,23+,24+,25+,26+,27-,29-,30+,31+,33+,34-,37+,38?,39+,41+/m1/s1. The predicted octanol–water partition coefficient (Wildman–Crippen LogP) is 6.69. The van der Waals surface area contributed by atoms with Crippen LogP contribution in [-0.4, -0.2) is 125 Å². The van der Waals surface area contributed by atoms with Crippen molar-refractivity contribution < 1.29 is 47.5 Å². The molecule has 0 aromatic carbocycles. The maximum Gasteiger partial charge on any atom is 0.306 e. The molecule has 3 aliphatic carbocycles. The first kappa shape index (κ1) is 42.5. The van der Waals surface area contributed by atoms with Gasteiger partial charge >= 0.3 is 5.97 Å². The molecule has 7 rings (SSSR count). The number of aromatic nitrogens is 1. The molecule has 3 unspecified atom stereocenters. The molecule has 6 aliphatic rings. The van der Waals surface area contributed by atoms with E-state index in [0.717, 1.165) is 56.2 Å². The third kappa shape index (κ3) is 8.27. The molecule has 12 nitrogen and oxygen atoms in total. The minimum absolute atomic E-state index is 0.0104. The first-order valence-corrected chi connectivity index (χ1v) is 22.1. The van der Waals surface area contributed by atoms with Crippen LogP contribution in [0.4, 0.5) is 0 Å². The Morgan fingerprint density at radius 3 is 2.34 bits per heavy atom. The highest BCUT2D eigenvalue weighted by Crippen LogP contribution is 2.62. The monoisotopic (exact) mass is 820 g/mol. The Hall–Kier alpha value is -1.59. The minimum atomic E-state index is -0.640. The van der Waals surface area contributed by atoms with Crippen LogP contribution in [-0.2, 0) is 47.5 Å². The average Bonchev–Trinajstić information content (AvgIpc) is 3.87. The smallest absolute Gasteiger partial charge is 0.306 e. The molecule has 0 radical (unpaired) electrons. The minimum Gasteiger partial charge on any atom is -0.462 e. The first-order chi connectivity index (χ1) is 26.9. The highest BCUT2D eigenvalue weighted by Gasteiger charge is 2.56. The van der Waals surface area contributed by atoms with Gasteiger partial charge in [0.1, 0.15) is 24.4 Å². The molecule has 0 amide bonds. The molecule has 17 atom stereocenters. The third-order valence-corrected chi connectivity index (χ3v) is 15.3. The summed E-state index contributed by atoms with van der Waals surface area (Å²) in [6, 6.07) is 0.322. The number of thiazole rings is 1. The number of cyclic esters (lactones) is 1. The number of ether oxygens (including phenoxy) is 8. The van der Waals surface area contributed by atoms with Gasteiger partial charge in [-0.05, 0) is 109 Å². The molecule has 1 aromatic heterocycles. The van der Waals surface area contributed by atoms with Gasteiger partial charge in [0.25, 0.3) is 0 Å². The van der Waals surface area contributed by atoms with Crippen molar-refractivity contribution in [3.05, 3.63) is 26.2 Å². The van der Waals surface area contributed by atoms with E-state index >= 15 is 0 Å². The van der Waals surface area contributed by atoms with Gasteiger partial charge < -0.3 is 47.8 Å². The summed E-state index contributed by atoms with van der Waals surface area (Å²) in [6.45, 7) is 8.15. The van der Waals surface area contributed by atoms with Gasteiger partial charge in [0.05, 0.1) is 30.8 Å². The molecule has 0 bridgehead atoms. The number of H-pyrrole nitrogens is 1. The molecule has 3 saturated heterocycles. The fourth-order valence-corrected chi connectivity index (χ4v) is 12.6. The lowest BCUT2D eigenvalue weighted by atomic mass is 9.67. The van der Waals surface area contributed by atoms with Crippen molar-refractivity contribution in [2.24, 2.45) is 23.7 Å². The number of nitrogens with one attached hydrogen (secondary N) is 1. The number of rotatable bonds is 9. The molecule has 314 valence electrons. The van der Waals surface area contributed by atoms with Crippen molar-refractivity contribution >= 4 is 35.3 Å². The van der Waals surface area contributed by atoms with E-state index in [4.69, 9.17) is 50.1 Å². The number of aromatic amines is 1. The van der Waals surface area contributed by atoms with E-state index in [-0.39, 0.29) is 96.8 Å². The van der Waals surface area contributed by atoms with Crippen LogP contribution in [0.25, 0.3) is 0 Å². The molecule has 4 fully saturated rings. The summed E-state index contributed by atoms with van der Waals surface area (Å²) < 4.78 is 50.8. The Kier molecular flexibility index (Phi) is 13.6. The number of likely N-dealkylation sites (N-methyl/N-ethyl adjacent to an activating group) is 1. The number of carbonyl (C=O) groups excluding carboxylic acids is 2. The summed E-state index contributed by atoms with van der Waals surface area (Å²) in [5, 5.41) is 0. The Morgan fingerprint density at radius 1 is 0.911 bits per heavy atom. The summed E-state index contributed by atoms with van der Waals surface area (Å²) in [7, 11) is 9.14. The zero-order valence-electron chi connectivity index (χ0n) is 34.6. The highest BCUT2D eigenvalue weighted by molar-refractivity contribution is 7.73. The Labute approximate surface area is 341 Å². The molecule has 0 spiro atoms. The van der Waals surface area contributed by atoms with E-state index < -0.39 is 18.3 Å². The van der Waals surface area contributed by atoms with Crippen molar-refractivity contribution in [2.45, 2.75) is 165 Å². The molecule has 3 aliphatic heterocycles. The van der Waals surface area contributed by atoms with Crippen molar-refractivity contribution in [3.8, 4) is 0 Å². The number of ketones is 1. The van der Waals surface area contributed by atoms with Gasteiger partial charge in [-0.15, -0.1) is 11.3 Å². The SMILES string of the molecule is CC[C@H]1CCC[C@H](O[C@H]2CC[C@H](N(C)C)C(C)O2)[C@@H](C)C(=O)C2=C[C@H]3[C@@H]4C[C@H](O[C@@H]5OC(C)[C@H](OC)C(OC)[C@@H]5OC)C[C@H]4c4sc(=S)[nH]c4[C@H]3[C@@H]2CC(=O)O1. The van der Waals surface area contributed by atoms with Crippen LogP contribution in [0.15, 0.2) is 11.6 Å². The number of methoxy groups -OCH3 is 3. The van der Waals surface area contributed by atoms with E-state index in [1.54, 1.807) is 32.7 Å². The quantitative estimate of drug-likeness (QED) is 0.211. The molecular formula is C42H64N2O10S2. The summed E-state index contributed by atoms with van der Waals surface area (Å²) in [4.78, 5) is 35.8. The zero-order chi connectivity index (χ0) is 40.0. The van der Waals surface area contributed by atoms with Gasteiger partial charge in [-0.2, -0.15) is 0 Å². The lowest BCUT2D eigenvalue weighted by molar-refractivity contribution is -0.314. The maximum absolute atomic E-state index is 15.0. The van der Waals surface area contributed by atoms with Crippen molar-refractivity contribution in [3.63, 3.8) is 0 Å². The van der Waals surface area contributed by atoms with Crippen LogP contribution < -0.4 is 0 Å². The zero-order valence-corrected chi connectivity index (χ0v) is 36.2. The summed E-state index contributed by atoms with van der Waals surface area (Å²) in [5.74, 6) is -0.702. The topological polar surface area (TPSA) is 127 Å². The number of allylic oxidation sites excluding steroid dienone is 2. The Balaban J connectivity index is 1.18. The first-order valence-electron chi connectivity index (χ1n) is 20.9. The Bertz CT molecular complexity index is 1630. The molecule has 4 heterocycles. The second-order valence-electron chi connectivity index (χ2n) is 17.3. The van der Waals surface area contributed by atoms with E-state index in [9.17, 15) is 9.59 Å². The summed E-state index contributed by atoms with van der Waals surface area (Å²) in [6.07, 6.45) is 5.54. The number of hydrogen-bond acceptors (Lipinski definition) is 13. The number of esters is 1. The fraction of sp³-hybridized carbons (Fsp3) is 0.833. The highest BCUT2D eigenvalue weighted by atomic mass is 32.1. The van der Waals surface area contributed by atoms with E-state index in [1.165, 1.54) is 4.88 Å². The van der Waals surface area contributed by atoms with Gasteiger partial charge in [-0.1, -0.05) is 19.9 Å². The number of Topliss-reactive ketones (excluding diaryl/α,β-unsaturated/α-hetero) is 1. The molecule has 1 N–H and O–H groups in total. The number of nitrogens with zero attached hydrogens (tertiary/aromatic N) is 1.